The van der Waals surface area contributed by atoms with Crippen molar-refractivity contribution in [3.63, 3.8) is 0 Å². The summed E-state index contributed by atoms with van der Waals surface area (Å²) in [5, 5.41) is 0.349. The van der Waals surface area contributed by atoms with Crippen LogP contribution in [0.5, 0.6) is 0 Å². The van der Waals surface area contributed by atoms with Crippen LogP contribution in [0.1, 0.15) is 30.0 Å². The van der Waals surface area contributed by atoms with Crippen molar-refractivity contribution in [2.45, 2.75) is 24.9 Å². The zero-order valence-corrected chi connectivity index (χ0v) is 13.5. The molecular weight excluding hydrogens is 416 g/mol. The summed E-state index contributed by atoms with van der Waals surface area (Å²) < 4.78 is 38.5. The summed E-state index contributed by atoms with van der Waals surface area (Å²) >= 11 is 8.21. The molecule has 110 valence electrons. The number of aromatic nitrogens is 2. The highest BCUT2D eigenvalue weighted by Gasteiger charge is 2.31. The standard InChI is InChI=1S/C14H9ClF3IN2/c15-12-10(19)11(7-1-2-7)20-13(21-12)8-3-5-9(6-4-8)14(16,17)18/h3-7H,1-2H2. The molecule has 1 aromatic carbocycles. The van der Waals surface area contributed by atoms with Crippen LogP contribution in [0.3, 0.4) is 0 Å². The number of hydrogen-bond donors (Lipinski definition) is 0. The Bertz CT molecular complexity index is 682. The van der Waals surface area contributed by atoms with Crippen LogP contribution >= 0.6 is 34.2 Å². The number of halogens is 5. The fourth-order valence-electron chi connectivity index (χ4n) is 2.00. The minimum Gasteiger partial charge on any atom is -0.232 e. The van der Waals surface area contributed by atoms with E-state index in [2.05, 4.69) is 32.6 Å². The Labute approximate surface area is 137 Å². The van der Waals surface area contributed by atoms with E-state index in [1.807, 2.05) is 0 Å². The lowest BCUT2D eigenvalue weighted by Gasteiger charge is -2.09. The molecule has 2 nitrogen and oxygen atoms in total. The summed E-state index contributed by atoms with van der Waals surface area (Å²) in [6.45, 7) is 0. The van der Waals surface area contributed by atoms with Gasteiger partial charge in [-0.15, -0.1) is 0 Å². The molecule has 0 atom stereocenters. The van der Waals surface area contributed by atoms with Crippen LogP contribution in [0.4, 0.5) is 13.2 Å². The number of nitrogens with zero attached hydrogens (tertiary/aromatic N) is 2. The van der Waals surface area contributed by atoms with E-state index in [0.717, 1.165) is 34.2 Å². The molecule has 7 heteroatoms. The lowest BCUT2D eigenvalue weighted by atomic mass is 10.1. The third-order valence-corrected chi connectivity index (χ3v) is 4.93. The highest BCUT2D eigenvalue weighted by Crippen LogP contribution is 2.42. The van der Waals surface area contributed by atoms with Crippen molar-refractivity contribution < 1.29 is 13.2 Å². The topological polar surface area (TPSA) is 25.8 Å². The van der Waals surface area contributed by atoms with Gasteiger partial charge < -0.3 is 0 Å². The van der Waals surface area contributed by atoms with Crippen molar-refractivity contribution in [2.75, 3.05) is 0 Å². The number of hydrogen-bond acceptors (Lipinski definition) is 2. The number of benzene rings is 1. The second-order valence-corrected chi connectivity index (χ2v) is 6.32. The lowest BCUT2D eigenvalue weighted by molar-refractivity contribution is -0.137. The van der Waals surface area contributed by atoms with Crippen molar-refractivity contribution in [3.05, 3.63) is 44.2 Å². The van der Waals surface area contributed by atoms with Crippen LogP contribution in [0, 0.1) is 3.57 Å². The van der Waals surface area contributed by atoms with E-state index < -0.39 is 11.7 Å². The Morgan fingerprint density at radius 1 is 1.10 bits per heavy atom. The normalized spacial score (nSPS) is 15.3. The molecule has 1 aromatic heterocycles. The highest BCUT2D eigenvalue weighted by molar-refractivity contribution is 14.1. The van der Waals surface area contributed by atoms with E-state index in [4.69, 9.17) is 11.6 Å². The van der Waals surface area contributed by atoms with Crippen LogP contribution in [0.25, 0.3) is 11.4 Å². The number of rotatable bonds is 2. The molecule has 1 heterocycles. The zero-order valence-electron chi connectivity index (χ0n) is 10.6. The molecule has 0 bridgehead atoms. The van der Waals surface area contributed by atoms with Gasteiger partial charge in [0.05, 0.1) is 14.8 Å². The molecule has 0 N–H and O–H groups in total. The minimum atomic E-state index is -4.34. The quantitative estimate of drug-likeness (QED) is 0.483. The summed E-state index contributed by atoms with van der Waals surface area (Å²) in [5.74, 6) is 0.765. The summed E-state index contributed by atoms with van der Waals surface area (Å²) in [4.78, 5) is 8.64. The Hall–Kier alpha value is -0.890. The van der Waals surface area contributed by atoms with Crippen LogP contribution in [0.15, 0.2) is 24.3 Å². The molecule has 0 unspecified atom stereocenters. The van der Waals surface area contributed by atoms with Gasteiger partial charge in [0.2, 0.25) is 0 Å². The van der Waals surface area contributed by atoms with Gasteiger partial charge in [-0.3, -0.25) is 0 Å². The zero-order chi connectivity index (χ0) is 15.2. The Balaban J connectivity index is 2.00. The molecular formula is C14H9ClF3IN2. The van der Waals surface area contributed by atoms with Crippen LogP contribution < -0.4 is 0 Å². The first-order chi connectivity index (χ1) is 9.86. The molecule has 1 aliphatic carbocycles. The maximum Gasteiger partial charge on any atom is 0.416 e. The molecule has 1 aliphatic rings. The van der Waals surface area contributed by atoms with Crippen molar-refractivity contribution in [2.24, 2.45) is 0 Å². The Morgan fingerprint density at radius 3 is 2.24 bits per heavy atom. The average molecular weight is 425 g/mol. The van der Waals surface area contributed by atoms with E-state index in [0.29, 0.717) is 22.5 Å². The second kappa shape index (κ2) is 5.39. The van der Waals surface area contributed by atoms with E-state index in [1.54, 1.807) is 0 Å². The third kappa shape index (κ3) is 3.15. The van der Waals surface area contributed by atoms with Crippen molar-refractivity contribution >= 4 is 34.2 Å². The van der Waals surface area contributed by atoms with Gasteiger partial charge in [0, 0.05) is 11.5 Å². The van der Waals surface area contributed by atoms with E-state index in [-0.39, 0.29) is 0 Å². The van der Waals surface area contributed by atoms with Crippen molar-refractivity contribution in [1.82, 2.24) is 9.97 Å². The van der Waals surface area contributed by atoms with Gasteiger partial charge in [-0.1, -0.05) is 23.7 Å². The minimum absolute atomic E-state index is 0.349. The first-order valence-electron chi connectivity index (χ1n) is 6.27. The van der Waals surface area contributed by atoms with Crippen molar-refractivity contribution in [1.29, 1.82) is 0 Å². The predicted octanol–water partition coefficient (Wildman–Crippen LogP) is 5.30. The monoisotopic (exact) mass is 424 g/mol. The SMILES string of the molecule is FC(F)(F)c1ccc(-c2nc(Cl)c(I)c(C3CC3)n2)cc1. The van der Waals surface area contributed by atoms with E-state index >= 15 is 0 Å². The Kier molecular flexibility index (Phi) is 3.85. The molecule has 0 amide bonds. The summed E-state index contributed by atoms with van der Waals surface area (Å²) in [7, 11) is 0. The predicted molar refractivity (Wildman–Crippen MR) is 82.2 cm³/mol. The molecule has 0 saturated heterocycles. The van der Waals surface area contributed by atoms with Gasteiger partial charge in [-0.2, -0.15) is 13.2 Å². The molecule has 1 fully saturated rings. The molecule has 21 heavy (non-hydrogen) atoms. The van der Waals surface area contributed by atoms with E-state index in [9.17, 15) is 13.2 Å². The lowest BCUT2D eigenvalue weighted by Crippen LogP contribution is -2.04. The fourth-order valence-corrected chi connectivity index (χ4v) is 2.86. The smallest absolute Gasteiger partial charge is 0.232 e. The van der Waals surface area contributed by atoms with Gasteiger partial charge >= 0.3 is 6.18 Å². The fraction of sp³-hybridized carbons (Fsp3) is 0.286. The third-order valence-electron chi connectivity index (χ3n) is 3.27. The molecule has 0 spiro atoms. The largest absolute Gasteiger partial charge is 0.416 e. The summed E-state index contributed by atoms with van der Waals surface area (Å²) in [6, 6.07) is 4.80. The van der Waals surface area contributed by atoms with Crippen LogP contribution in [0.2, 0.25) is 5.15 Å². The second-order valence-electron chi connectivity index (χ2n) is 4.89. The number of alkyl halides is 3. The molecule has 1 saturated carbocycles. The molecule has 0 aliphatic heterocycles. The highest BCUT2D eigenvalue weighted by atomic mass is 127. The molecule has 0 radical (unpaired) electrons. The maximum absolute atomic E-state index is 12.6. The maximum atomic E-state index is 12.6. The first kappa shape index (κ1) is 15.0. The molecule has 3 rings (SSSR count). The van der Waals surface area contributed by atoms with Crippen LogP contribution in [-0.4, -0.2) is 9.97 Å². The summed E-state index contributed by atoms with van der Waals surface area (Å²) in [6.07, 6.45) is -2.21. The van der Waals surface area contributed by atoms with E-state index in [1.165, 1.54) is 12.1 Å². The molecule has 2 aromatic rings. The van der Waals surface area contributed by atoms with Gasteiger partial charge in [0.15, 0.2) is 5.82 Å². The van der Waals surface area contributed by atoms with Gasteiger partial charge in [0.1, 0.15) is 5.15 Å². The van der Waals surface area contributed by atoms with Crippen molar-refractivity contribution in [3.8, 4) is 11.4 Å². The van der Waals surface area contributed by atoms with Gasteiger partial charge in [-0.25, -0.2) is 9.97 Å². The average Bonchev–Trinajstić information content (AvgIpc) is 3.25. The Morgan fingerprint density at radius 2 is 1.71 bits per heavy atom. The van der Waals surface area contributed by atoms with Gasteiger partial charge in [-0.05, 0) is 47.6 Å². The first-order valence-corrected chi connectivity index (χ1v) is 7.72. The van der Waals surface area contributed by atoms with Gasteiger partial charge in [0.25, 0.3) is 0 Å². The summed E-state index contributed by atoms with van der Waals surface area (Å²) in [5.41, 5.74) is 0.735. The van der Waals surface area contributed by atoms with Crippen LogP contribution in [-0.2, 0) is 6.18 Å².